The Hall–Kier alpha value is -4.13. The van der Waals surface area contributed by atoms with Crippen LogP contribution in [0.3, 0.4) is 0 Å². The largest absolute Gasteiger partial charge is 0.478 e. The van der Waals surface area contributed by atoms with E-state index >= 15 is 0 Å². The fourth-order valence-electron chi connectivity index (χ4n) is 4.32. The minimum Gasteiger partial charge on any atom is -0.478 e. The van der Waals surface area contributed by atoms with Gasteiger partial charge in [0.05, 0.1) is 17.2 Å². The van der Waals surface area contributed by atoms with Crippen LogP contribution >= 0.6 is 0 Å². The van der Waals surface area contributed by atoms with Gasteiger partial charge in [0.2, 0.25) is 5.36 Å². The molecule has 4 rings (SSSR count). The first-order valence-electron chi connectivity index (χ1n) is 11.2. The van der Waals surface area contributed by atoms with Gasteiger partial charge < -0.3 is 19.9 Å². The minimum atomic E-state index is -1.13. The highest BCUT2D eigenvalue weighted by Crippen LogP contribution is 2.43. The van der Waals surface area contributed by atoms with Crippen LogP contribution in [0.5, 0.6) is 0 Å². The van der Waals surface area contributed by atoms with Crippen LogP contribution in [-0.4, -0.2) is 35.2 Å². The van der Waals surface area contributed by atoms with E-state index in [2.05, 4.69) is 10.3 Å². The fourth-order valence-corrected chi connectivity index (χ4v) is 4.32. The van der Waals surface area contributed by atoms with E-state index < -0.39 is 11.9 Å². The number of carboxylic acid groups (broad SMARTS) is 2. The second-order valence-electron chi connectivity index (χ2n) is 8.23. The molecule has 0 saturated heterocycles. The van der Waals surface area contributed by atoms with Crippen molar-refractivity contribution in [3.63, 3.8) is 0 Å². The van der Waals surface area contributed by atoms with Crippen molar-refractivity contribution in [2.75, 3.05) is 18.4 Å². The molecule has 174 valence electrons. The first-order chi connectivity index (χ1) is 16.2. The van der Waals surface area contributed by atoms with Gasteiger partial charge in [-0.2, -0.15) is 0 Å². The monoisotopic (exact) mass is 459 g/mol. The predicted molar refractivity (Wildman–Crippen MR) is 130 cm³/mol. The lowest BCUT2D eigenvalue weighted by atomic mass is 9.88. The molecule has 0 amide bonds. The number of hydrogen-bond acceptors (Lipinski definition) is 4. The Labute approximate surface area is 196 Å². The molecule has 1 heterocycles. The first-order valence-corrected chi connectivity index (χ1v) is 11.2. The first kappa shape index (κ1) is 23.0. The van der Waals surface area contributed by atoms with Gasteiger partial charge in [-0.3, -0.25) is 0 Å². The van der Waals surface area contributed by atoms with Gasteiger partial charge in [-0.25, -0.2) is 14.6 Å². The van der Waals surface area contributed by atoms with Crippen LogP contribution < -0.4 is 15.7 Å². The number of carboxylic acids is 2. The van der Waals surface area contributed by atoms with Crippen LogP contribution in [0.4, 0.5) is 5.69 Å². The van der Waals surface area contributed by atoms with Crippen molar-refractivity contribution in [2.45, 2.75) is 27.7 Å². The van der Waals surface area contributed by atoms with E-state index in [0.29, 0.717) is 33.4 Å². The SMILES string of the molecule is CCNc1cc2oc3cc(=[NH+]CC)c(C)cc-3c(-c3cc(C(=O)O)ccc3C(=O)O)c2cc1C. The van der Waals surface area contributed by atoms with Crippen molar-refractivity contribution >= 4 is 28.6 Å². The quantitative estimate of drug-likeness (QED) is 0.327. The summed E-state index contributed by atoms with van der Waals surface area (Å²) in [5.41, 5.74) is 5.17. The van der Waals surface area contributed by atoms with Gasteiger partial charge >= 0.3 is 11.9 Å². The molecule has 2 aliphatic rings. The predicted octanol–water partition coefficient (Wildman–Crippen LogP) is 3.65. The van der Waals surface area contributed by atoms with E-state index in [9.17, 15) is 19.8 Å². The molecule has 0 spiro atoms. The van der Waals surface area contributed by atoms with Crippen LogP contribution in [0, 0.1) is 13.8 Å². The summed E-state index contributed by atoms with van der Waals surface area (Å²) < 4.78 is 6.33. The lowest BCUT2D eigenvalue weighted by Gasteiger charge is -2.19. The van der Waals surface area contributed by atoms with E-state index in [-0.39, 0.29) is 11.1 Å². The molecule has 1 aliphatic carbocycles. The second-order valence-corrected chi connectivity index (χ2v) is 8.23. The van der Waals surface area contributed by atoms with Gasteiger partial charge in [-0.15, -0.1) is 0 Å². The second kappa shape index (κ2) is 9.02. The van der Waals surface area contributed by atoms with Crippen molar-refractivity contribution in [3.8, 4) is 22.5 Å². The van der Waals surface area contributed by atoms with Gasteiger partial charge in [0.1, 0.15) is 17.9 Å². The molecule has 7 nitrogen and oxygen atoms in total. The molecule has 4 N–H and O–H groups in total. The fraction of sp³-hybridized carbons (Fsp3) is 0.222. The lowest BCUT2D eigenvalue weighted by Crippen LogP contribution is -2.76. The lowest BCUT2D eigenvalue weighted by molar-refractivity contribution is -0.496. The van der Waals surface area contributed by atoms with E-state index in [1.165, 1.54) is 18.2 Å². The Kier molecular flexibility index (Phi) is 6.11. The van der Waals surface area contributed by atoms with Gasteiger partial charge in [-0.1, -0.05) is 0 Å². The van der Waals surface area contributed by atoms with Gasteiger partial charge in [0.25, 0.3) is 0 Å². The average molecular weight is 460 g/mol. The Morgan fingerprint density at radius 2 is 1.71 bits per heavy atom. The summed E-state index contributed by atoms with van der Waals surface area (Å²) in [5, 5.41) is 24.5. The molecule has 0 saturated carbocycles. The Balaban J connectivity index is 2.23. The standard InChI is InChI=1S/C27H26N2O5/c1-5-28-21-12-23-19(9-14(21)3)25(18-11-16(26(30)31)7-8-17(18)27(32)33)20-10-15(4)22(29-6-2)13-24(20)34-23/h7-13,28H,5-6H2,1-4H3,(H,30,31)(H,32,33)/p+1. The van der Waals surface area contributed by atoms with Crippen LogP contribution in [0.2, 0.25) is 0 Å². The molecule has 34 heavy (non-hydrogen) atoms. The molecule has 2 aromatic rings. The Morgan fingerprint density at radius 1 is 0.941 bits per heavy atom. The Morgan fingerprint density at radius 3 is 2.35 bits per heavy atom. The summed E-state index contributed by atoms with van der Waals surface area (Å²) in [4.78, 5) is 27.2. The summed E-state index contributed by atoms with van der Waals surface area (Å²) in [6.07, 6.45) is 0. The number of benzene rings is 3. The zero-order valence-corrected chi connectivity index (χ0v) is 19.6. The van der Waals surface area contributed by atoms with Gasteiger partial charge in [-0.05, 0) is 69.2 Å². The maximum Gasteiger partial charge on any atom is 0.336 e. The van der Waals surface area contributed by atoms with Crippen molar-refractivity contribution in [2.24, 2.45) is 0 Å². The van der Waals surface area contributed by atoms with Crippen molar-refractivity contribution < 1.29 is 29.2 Å². The number of carbonyl (C=O) groups is 2. The molecule has 2 aromatic carbocycles. The third-order valence-corrected chi connectivity index (χ3v) is 5.91. The number of aromatic carboxylic acids is 2. The van der Waals surface area contributed by atoms with E-state index in [4.69, 9.17) is 4.42 Å². The van der Waals surface area contributed by atoms with Crippen molar-refractivity contribution in [1.29, 1.82) is 0 Å². The highest BCUT2D eigenvalue weighted by atomic mass is 16.4. The molecule has 0 aromatic heterocycles. The molecule has 0 unspecified atom stereocenters. The molecule has 0 radical (unpaired) electrons. The highest BCUT2D eigenvalue weighted by Gasteiger charge is 2.24. The molecule has 0 bridgehead atoms. The smallest absolute Gasteiger partial charge is 0.336 e. The molecule has 1 aliphatic heterocycles. The zero-order valence-electron chi connectivity index (χ0n) is 19.6. The highest BCUT2D eigenvalue weighted by molar-refractivity contribution is 6.09. The van der Waals surface area contributed by atoms with Crippen LogP contribution in [-0.2, 0) is 0 Å². The van der Waals surface area contributed by atoms with Crippen LogP contribution in [0.25, 0.3) is 33.4 Å². The summed E-state index contributed by atoms with van der Waals surface area (Å²) in [5.74, 6) is -1.67. The van der Waals surface area contributed by atoms with Gasteiger partial charge in [0, 0.05) is 40.4 Å². The number of fused-ring (bicyclic) bond motifs is 2. The molecule has 7 heteroatoms. The molecule has 0 fully saturated rings. The van der Waals surface area contributed by atoms with Crippen LogP contribution in [0.15, 0.2) is 46.9 Å². The molecule has 0 atom stereocenters. The summed E-state index contributed by atoms with van der Waals surface area (Å²) >= 11 is 0. The normalized spacial score (nSPS) is 11.8. The summed E-state index contributed by atoms with van der Waals surface area (Å²) in [7, 11) is 0. The van der Waals surface area contributed by atoms with E-state index in [1.807, 2.05) is 52.0 Å². The Bertz CT molecular complexity index is 1480. The minimum absolute atomic E-state index is 0.0177. The summed E-state index contributed by atoms with van der Waals surface area (Å²) in [6.45, 7) is 9.43. The number of hydrogen-bond donors (Lipinski definition) is 4. The van der Waals surface area contributed by atoms with E-state index in [1.54, 1.807) is 0 Å². The maximum atomic E-state index is 12.2. The number of nitrogens with one attached hydrogen (secondary N) is 2. The maximum absolute atomic E-state index is 12.2. The molecular weight excluding hydrogens is 432 g/mol. The average Bonchev–Trinajstić information content (AvgIpc) is 2.79. The number of aryl methyl sites for hydroxylation is 2. The summed E-state index contributed by atoms with van der Waals surface area (Å²) in [6, 6.07) is 11.8. The van der Waals surface area contributed by atoms with Crippen molar-refractivity contribution in [1.82, 2.24) is 0 Å². The number of anilines is 1. The topological polar surface area (TPSA) is 114 Å². The van der Waals surface area contributed by atoms with E-state index in [0.717, 1.165) is 35.3 Å². The van der Waals surface area contributed by atoms with Crippen molar-refractivity contribution in [3.05, 3.63) is 70.1 Å². The number of rotatable bonds is 6. The van der Waals surface area contributed by atoms with Gasteiger partial charge in [0.15, 0.2) is 0 Å². The van der Waals surface area contributed by atoms with Crippen LogP contribution in [0.1, 0.15) is 45.7 Å². The third kappa shape index (κ3) is 4.01. The molecular formula is C27H27N2O5+. The zero-order chi connectivity index (χ0) is 24.6. The third-order valence-electron chi connectivity index (χ3n) is 5.91.